The summed E-state index contributed by atoms with van der Waals surface area (Å²) in [6.45, 7) is 3.18. The lowest BCUT2D eigenvalue weighted by Gasteiger charge is -2.21. The van der Waals surface area contributed by atoms with Gasteiger partial charge in [0.1, 0.15) is 29.7 Å². The largest absolute Gasteiger partial charge is 0.480 e. The number of hydrogen-bond acceptors (Lipinski definition) is 8. The van der Waals surface area contributed by atoms with Gasteiger partial charge in [0.15, 0.2) is 5.82 Å². The molecule has 0 unspecified atom stereocenters. The number of fused-ring (bicyclic) bond motifs is 1. The highest BCUT2D eigenvalue weighted by Gasteiger charge is 2.39. The standard InChI is InChI=1S/C24H27F4N7O4/c1-11(2)4-18(36)23(38)34-8-15(25)16(9-34)33-21(37)13-5-12(7-30-22(13)39-3)17-6-14(24(26,27)28)19-20(29)31-10-32-35(17)19/h5-7,10-11,15-16,18,36H,4,8-9H2,1-3H3,(H,33,37)(H2,29,31,32)/t15-,16+,18+/m0/s1. The van der Waals surface area contributed by atoms with Crippen molar-refractivity contribution >= 4 is 23.1 Å². The molecule has 39 heavy (non-hydrogen) atoms. The number of aliphatic hydroxyl groups excluding tert-OH is 1. The molecule has 0 spiro atoms. The molecule has 4 heterocycles. The Bertz CT molecular complexity index is 1390. The summed E-state index contributed by atoms with van der Waals surface area (Å²) >= 11 is 0. The predicted molar refractivity (Wildman–Crippen MR) is 130 cm³/mol. The average Bonchev–Trinajstić information content (AvgIpc) is 3.44. The van der Waals surface area contributed by atoms with Gasteiger partial charge < -0.3 is 25.8 Å². The van der Waals surface area contributed by atoms with E-state index in [1.165, 1.54) is 19.4 Å². The van der Waals surface area contributed by atoms with Crippen molar-refractivity contribution in [3.05, 3.63) is 35.8 Å². The van der Waals surface area contributed by atoms with Gasteiger partial charge >= 0.3 is 6.18 Å². The number of carbonyl (C=O) groups excluding carboxylic acids is 2. The van der Waals surface area contributed by atoms with Crippen LogP contribution in [0.2, 0.25) is 0 Å². The van der Waals surface area contributed by atoms with Crippen LogP contribution in [0.15, 0.2) is 24.7 Å². The Labute approximate surface area is 220 Å². The van der Waals surface area contributed by atoms with E-state index >= 15 is 0 Å². The molecule has 1 aliphatic rings. The number of pyridine rings is 1. The minimum absolute atomic E-state index is 0.0447. The fourth-order valence-electron chi connectivity index (χ4n) is 4.49. The molecule has 11 nitrogen and oxygen atoms in total. The number of hydrogen-bond donors (Lipinski definition) is 3. The van der Waals surface area contributed by atoms with Crippen LogP contribution in [0.25, 0.3) is 16.8 Å². The molecule has 3 aromatic heterocycles. The van der Waals surface area contributed by atoms with Crippen LogP contribution in [0.1, 0.15) is 36.2 Å². The molecule has 1 saturated heterocycles. The summed E-state index contributed by atoms with van der Waals surface area (Å²) in [5.41, 5.74) is 3.97. The van der Waals surface area contributed by atoms with Crippen molar-refractivity contribution in [3.8, 4) is 17.1 Å². The monoisotopic (exact) mass is 553 g/mol. The molecule has 1 aliphatic heterocycles. The van der Waals surface area contributed by atoms with Crippen molar-refractivity contribution < 1.29 is 37.0 Å². The van der Waals surface area contributed by atoms with E-state index in [-0.39, 0.29) is 48.1 Å². The lowest BCUT2D eigenvalue weighted by molar-refractivity contribution is -0.140. The Balaban J connectivity index is 1.63. The van der Waals surface area contributed by atoms with Crippen LogP contribution < -0.4 is 15.8 Å². The lowest BCUT2D eigenvalue weighted by atomic mass is 10.1. The summed E-state index contributed by atoms with van der Waals surface area (Å²) in [5.74, 6) is -1.96. The Hall–Kier alpha value is -4.01. The first-order valence-electron chi connectivity index (χ1n) is 12.0. The molecule has 4 N–H and O–H groups in total. The first-order valence-corrected chi connectivity index (χ1v) is 12.0. The molecule has 210 valence electrons. The Morgan fingerprint density at radius 1 is 1.26 bits per heavy atom. The van der Waals surface area contributed by atoms with E-state index in [0.717, 1.165) is 21.8 Å². The molecule has 0 radical (unpaired) electrons. The third kappa shape index (κ3) is 5.57. The van der Waals surface area contributed by atoms with Gasteiger partial charge in [-0.15, -0.1) is 0 Å². The van der Waals surface area contributed by atoms with Gasteiger partial charge in [0.05, 0.1) is 31.0 Å². The second-order valence-electron chi connectivity index (χ2n) is 9.61. The maximum Gasteiger partial charge on any atom is 0.418 e. The molecule has 0 saturated carbocycles. The number of anilines is 1. The van der Waals surface area contributed by atoms with Crippen LogP contribution in [0.3, 0.4) is 0 Å². The van der Waals surface area contributed by atoms with E-state index in [1.807, 2.05) is 13.8 Å². The molecular weight excluding hydrogens is 526 g/mol. The summed E-state index contributed by atoms with van der Waals surface area (Å²) in [7, 11) is 1.24. The van der Waals surface area contributed by atoms with E-state index in [1.54, 1.807) is 0 Å². The zero-order chi connectivity index (χ0) is 28.6. The lowest BCUT2D eigenvalue weighted by Crippen LogP contribution is -2.43. The number of nitrogen functional groups attached to an aromatic ring is 1. The predicted octanol–water partition coefficient (Wildman–Crippen LogP) is 2.09. The number of nitrogens with one attached hydrogen (secondary N) is 1. The molecule has 3 atom stereocenters. The minimum atomic E-state index is -4.77. The first-order chi connectivity index (χ1) is 18.3. The number of carbonyl (C=O) groups is 2. The number of methoxy groups -OCH3 is 1. The third-order valence-electron chi connectivity index (χ3n) is 6.33. The topological polar surface area (TPSA) is 148 Å². The normalized spacial score (nSPS) is 18.5. The van der Waals surface area contributed by atoms with Crippen LogP contribution >= 0.6 is 0 Å². The second kappa shape index (κ2) is 10.6. The molecular formula is C24H27F4N7O4. The molecule has 1 fully saturated rings. The number of amides is 2. The summed E-state index contributed by atoms with van der Waals surface area (Å²) in [4.78, 5) is 34.5. The number of nitrogens with zero attached hydrogens (tertiary/aromatic N) is 5. The summed E-state index contributed by atoms with van der Waals surface area (Å²) < 4.78 is 62.0. The maximum absolute atomic E-state index is 14.8. The van der Waals surface area contributed by atoms with Gasteiger partial charge in [-0.3, -0.25) is 9.59 Å². The zero-order valence-corrected chi connectivity index (χ0v) is 21.2. The van der Waals surface area contributed by atoms with Crippen molar-refractivity contribution in [1.82, 2.24) is 29.8 Å². The number of alkyl halides is 4. The number of nitrogens with two attached hydrogens (primary N) is 1. The van der Waals surface area contributed by atoms with Crippen molar-refractivity contribution in [2.24, 2.45) is 5.92 Å². The second-order valence-corrected chi connectivity index (χ2v) is 9.61. The Morgan fingerprint density at radius 2 is 1.97 bits per heavy atom. The highest BCUT2D eigenvalue weighted by Crippen LogP contribution is 2.39. The molecule has 0 bridgehead atoms. The first kappa shape index (κ1) is 28.0. The van der Waals surface area contributed by atoms with E-state index in [0.29, 0.717) is 0 Å². The summed E-state index contributed by atoms with van der Waals surface area (Å²) in [6, 6.07) is 0.949. The van der Waals surface area contributed by atoms with Gasteiger partial charge in [0.2, 0.25) is 5.88 Å². The smallest absolute Gasteiger partial charge is 0.418 e. The molecule has 4 rings (SSSR count). The van der Waals surface area contributed by atoms with E-state index < -0.39 is 53.2 Å². The maximum atomic E-state index is 14.8. The van der Waals surface area contributed by atoms with Crippen molar-refractivity contribution in [1.29, 1.82) is 0 Å². The minimum Gasteiger partial charge on any atom is -0.480 e. The fraction of sp³-hybridized carbons (Fsp3) is 0.458. The highest BCUT2D eigenvalue weighted by molar-refractivity contribution is 5.98. The number of halogens is 4. The molecule has 3 aromatic rings. The number of likely N-dealkylation sites (tertiary alicyclic amines) is 1. The van der Waals surface area contributed by atoms with Gasteiger partial charge in [-0.1, -0.05) is 13.8 Å². The molecule has 0 aromatic carbocycles. The van der Waals surface area contributed by atoms with Crippen LogP contribution in [0, 0.1) is 5.92 Å². The van der Waals surface area contributed by atoms with Crippen LogP contribution in [0.4, 0.5) is 23.4 Å². The molecule has 15 heteroatoms. The number of ether oxygens (including phenoxy) is 1. The fourth-order valence-corrected chi connectivity index (χ4v) is 4.49. The summed E-state index contributed by atoms with van der Waals surface area (Å²) in [5, 5.41) is 16.5. The van der Waals surface area contributed by atoms with Crippen LogP contribution in [0.5, 0.6) is 5.88 Å². The van der Waals surface area contributed by atoms with E-state index in [9.17, 15) is 32.3 Å². The van der Waals surface area contributed by atoms with Gasteiger partial charge in [-0.05, 0) is 24.5 Å². The quantitative estimate of drug-likeness (QED) is 0.377. The highest BCUT2D eigenvalue weighted by atomic mass is 19.4. The van der Waals surface area contributed by atoms with Crippen molar-refractivity contribution in [3.63, 3.8) is 0 Å². The number of aromatic nitrogens is 4. The molecule has 2 amide bonds. The summed E-state index contributed by atoms with van der Waals surface area (Å²) in [6.07, 6.45) is -5.28. The third-order valence-corrected chi connectivity index (χ3v) is 6.33. The van der Waals surface area contributed by atoms with E-state index in [2.05, 4.69) is 20.4 Å². The SMILES string of the molecule is COc1ncc(-c2cc(C(F)(F)F)c3c(N)ncnn23)cc1C(=O)N[C@@H]1CN(C(=O)[C@H](O)CC(C)C)C[C@@H]1F. The van der Waals surface area contributed by atoms with Gasteiger partial charge in [-0.25, -0.2) is 18.9 Å². The average molecular weight is 554 g/mol. The zero-order valence-electron chi connectivity index (χ0n) is 21.2. The van der Waals surface area contributed by atoms with E-state index in [4.69, 9.17) is 10.5 Å². The Kier molecular flexibility index (Phi) is 7.63. The van der Waals surface area contributed by atoms with Crippen LogP contribution in [-0.2, 0) is 11.0 Å². The van der Waals surface area contributed by atoms with Gasteiger partial charge in [-0.2, -0.15) is 18.3 Å². The van der Waals surface area contributed by atoms with Crippen LogP contribution in [-0.4, -0.2) is 79.9 Å². The Morgan fingerprint density at radius 3 is 2.62 bits per heavy atom. The van der Waals surface area contributed by atoms with Crippen molar-refractivity contribution in [2.75, 3.05) is 25.9 Å². The van der Waals surface area contributed by atoms with Gasteiger partial charge in [0.25, 0.3) is 11.8 Å². The number of rotatable bonds is 7. The van der Waals surface area contributed by atoms with Crippen molar-refractivity contribution in [2.45, 2.75) is 44.8 Å². The van der Waals surface area contributed by atoms with Gasteiger partial charge in [0, 0.05) is 18.3 Å². The number of aliphatic hydroxyl groups is 1. The molecule has 0 aliphatic carbocycles.